The maximum atomic E-state index is 11.9. The van der Waals surface area contributed by atoms with Crippen LogP contribution in [0.2, 0.25) is 5.02 Å². The highest BCUT2D eigenvalue weighted by Gasteiger charge is 2.06. The third-order valence-electron chi connectivity index (χ3n) is 2.57. The van der Waals surface area contributed by atoms with E-state index in [1.165, 1.54) is 0 Å². The van der Waals surface area contributed by atoms with Gasteiger partial charge in [-0.1, -0.05) is 23.7 Å². The SMILES string of the molecule is Cc1ccncc1NC(=O)Cc1cccc(Cl)c1. The zero-order valence-corrected chi connectivity index (χ0v) is 10.7. The lowest BCUT2D eigenvalue weighted by molar-refractivity contribution is -0.115. The van der Waals surface area contributed by atoms with E-state index in [2.05, 4.69) is 10.3 Å². The van der Waals surface area contributed by atoms with E-state index < -0.39 is 0 Å². The molecule has 4 heteroatoms. The second-order valence-corrected chi connectivity index (χ2v) is 4.48. The van der Waals surface area contributed by atoms with Crippen LogP contribution in [0.25, 0.3) is 0 Å². The average molecular weight is 261 g/mol. The molecule has 1 amide bonds. The second-order valence-electron chi connectivity index (χ2n) is 4.05. The number of halogens is 1. The third-order valence-corrected chi connectivity index (χ3v) is 2.80. The summed E-state index contributed by atoms with van der Waals surface area (Å²) < 4.78 is 0. The predicted molar refractivity (Wildman–Crippen MR) is 72.8 cm³/mol. The van der Waals surface area contributed by atoms with Gasteiger partial charge in [-0.15, -0.1) is 0 Å². The van der Waals surface area contributed by atoms with Crippen molar-refractivity contribution in [3.05, 3.63) is 58.9 Å². The Hall–Kier alpha value is -1.87. The minimum Gasteiger partial charge on any atom is -0.324 e. The Morgan fingerprint density at radius 3 is 2.94 bits per heavy atom. The van der Waals surface area contributed by atoms with Crippen LogP contribution < -0.4 is 5.32 Å². The molecular formula is C14H13ClN2O. The van der Waals surface area contributed by atoms with Crippen molar-refractivity contribution >= 4 is 23.2 Å². The summed E-state index contributed by atoms with van der Waals surface area (Å²) in [5.74, 6) is -0.0756. The Kier molecular flexibility index (Phi) is 3.95. The lowest BCUT2D eigenvalue weighted by atomic mass is 10.1. The van der Waals surface area contributed by atoms with Crippen molar-refractivity contribution in [3.8, 4) is 0 Å². The topological polar surface area (TPSA) is 42.0 Å². The molecule has 92 valence electrons. The summed E-state index contributed by atoms with van der Waals surface area (Å²) in [6.45, 7) is 1.93. The molecule has 1 N–H and O–H groups in total. The number of hydrogen-bond donors (Lipinski definition) is 1. The van der Waals surface area contributed by atoms with Crippen molar-refractivity contribution < 1.29 is 4.79 Å². The number of rotatable bonds is 3. The van der Waals surface area contributed by atoms with Gasteiger partial charge in [0.15, 0.2) is 0 Å². The Bertz CT molecular complexity index is 569. The Balaban J connectivity index is 2.03. The summed E-state index contributed by atoms with van der Waals surface area (Å²) in [5, 5.41) is 3.47. The van der Waals surface area contributed by atoms with Crippen molar-refractivity contribution in [1.29, 1.82) is 0 Å². The number of nitrogens with zero attached hydrogens (tertiary/aromatic N) is 1. The smallest absolute Gasteiger partial charge is 0.228 e. The molecule has 1 aromatic heterocycles. The molecule has 0 fully saturated rings. The highest BCUT2D eigenvalue weighted by molar-refractivity contribution is 6.30. The van der Waals surface area contributed by atoms with Gasteiger partial charge in [-0.25, -0.2) is 0 Å². The molecule has 1 heterocycles. The first kappa shape index (κ1) is 12.6. The number of benzene rings is 1. The monoisotopic (exact) mass is 260 g/mol. The van der Waals surface area contributed by atoms with Gasteiger partial charge in [-0.2, -0.15) is 0 Å². The second kappa shape index (κ2) is 5.65. The van der Waals surface area contributed by atoms with Crippen molar-refractivity contribution in [3.63, 3.8) is 0 Å². The molecule has 0 saturated heterocycles. The Morgan fingerprint density at radius 1 is 1.39 bits per heavy atom. The van der Waals surface area contributed by atoms with Crippen molar-refractivity contribution in [2.24, 2.45) is 0 Å². The van der Waals surface area contributed by atoms with Crippen molar-refractivity contribution in [2.45, 2.75) is 13.3 Å². The fourth-order valence-corrected chi connectivity index (χ4v) is 1.83. The molecule has 0 aliphatic carbocycles. The number of amides is 1. The average Bonchev–Trinajstić information content (AvgIpc) is 2.32. The van der Waals surface area contributed by atoms with Crippen LogP contribution in [0.1, 0.15) is 11.1 Å². The number of aromatic nitrogens is 1. The van der Waals surface area contributed by atoms with Gasteiger partial charge >= 0.3 is 0 Å². The molecule has 0 aliphatic rings. The maximum absolute atomic E-state index is 11.9. The van der Waals surface area contributed by atoms with E-state index in [4.69, 9.17) is 11.6 Å². The molecule has 3 nitrogen and oxygen atoms in total. The maximum Gasteiger partial charge on any atom is 0.228 e. The van der Waals surface area contributed by atoms with Gasteiger partial charge in [0, 0.05) is 11.2 Å². The van der Waals surface area contributed by atoms with Crippen LogP contribution in [0, 0.1) is 6.92 Å². The first-order valence-corrected chi connectivity index (χ1v) is 5.98. The predicted octanol–water partition coefficient (Wildman–Crippen LogP) is 3.22. The van der Waals surface area contributed by atoms with Crippen LogP contribution in [0.15, 0.2) is 42.7 Å². The summed E-state index contributed by atoms with van der Waals surface area (Å²) in [4.78, 5) is 15.8. The number of carbonyl (C=O) groups excluding carboxylic acids is 1. The summed E-state index contributed by atoms with van der Waals surface area (Å²) in [6.07, 6.45) is 3.64. The number of nitrogens with one attached hydrogen (secondary N) is 1. The molecule has 0 aliphatic heterocycles. The van der Waals surface area contributed by atoms with E-state index in [1.807, 2.05) is 25.1 Å². The number of aryl methyl sites for hydroxylation is 1. The summed E-state index contributed by atoms with van der Waals surface area (Å²) in [5.41, 5.74) is 2.62. The fourth-order valence-electron chi connectivity index (χ4n) is 1.62. The molecule has 0 spiro atoms. The lowest BCUT2D eigenvalue weighted by Crippen LogP contribution is -2.15. The molecular weight excluding hydrogens is 248 g/mol. The van der Waals surface area contributed by atoms with Gasteiger partial charge in [0.2, 0.25) is 5.91 Å². The van der Waals surface area contributed by atoms with E-state index in [0.29, 0.717) is 11.4 Å². The minimum absolute atomic E-state index is 0.0756. The Labute approximate surface area is 111 Å². The molecule has 0 atom stereocenters. The zero-order valence-electron chi connectivity index (χ0n) is 9.98. The normalized spacial score (nSPS) is 10.1. The standard InChI is InChI=1S/C14H13ClN2O/c1-10-5-6-16-9-13(10)17-14(18)8-11-3-2-4-12(15)7-11/h2-7,9H,8H2,1H3,(H,17,18). The lowest BCUT2D eigenvalue weighted by Gasteiger charge is -2.07. The molecule has 2 aromatic rings. The zero-order chi connectivity index (χ0) is 13.0. The van der Waals surface area contributed by atoms with Gasteiger partial charge < -0.3 is 5.32 Å². The van der Waals surface area contributed by atoms with E-state index in [-0.39, 0.29) is 5.91 Å². The fraction of sp³-hybridized carbons (Fsp3) is 0.143. The molecule has 0 unspecified atom stereocenters. The van der Waals surface area contributed by atoms with Gasteiger partial charge in [0.1, 0.15) is 0 Å². The highest BCUT2D eigenvalue weighted by Crippen LogP contribution is 2.14. The van der Waals surface area contributed by atoms with E-state index >= 15 is 0 Å². The number of hydrogen-bond acceptors (Lipinski definition) is 2. The molecule has 1 aromatic carbocycles. The van der Waals surface area contributed by atoms with E-state index in [0.717, 1.165) is 16.8 Å². The van der Waals surface area contributed by atoms with Crippen molar-refractivity contribution in [2.75, 3.05) is 5.32 Å². The minimum atomic E-state index is -0.0756. The van der Waals surface area contributed by atoms with E-state index in [9.17, 15) is 4.79 Å². The number of anilines is 1. The van der Waals surface area contributed by atoms with Gasteiger partial charge in [0.25, 0.3) is 0 Å². The molecule has 2 rings (SSSR count). The van der Waals surface area contributed by atoms with Gasteiger partial charge in [-0.3, -0.25) is 9.78 Å². The molecule has 0 radical (unpaired) electrons. The van der Waals surface area contributed by atoms with Gasteiger partial charge in [0.05, 0.1) is 18.3 Å². The summed E-state index contributed by atoms with van der Waals surface area (Å²) in [7, 11) is 0. The van der Waals surface area contributed by atoms with Crippen LogP contribution >= 0.6 is 11.6 Å². The number of pyridine rings is 1. The van der Waals surface area contributed by atoms with Crippen LogP contribution in [0.4, 0.5) is 5.69 Å². The molecule has 18 heavy (non-hydrogen) atoms. The Morgan fingerprint density at radius 2 is 2.22 bits per heavy atom. The largest absolute Gasteiger partial charge is 0.324 e. The van der Waals surface area contributed by atoms with Crippen LogP contribution in [-0.2, 0) is 11.2 Å². The quantitative estimate of drug-likeness (QED) is 0.921. The first-order valence-electron chi connectivity index (χ1n) is 5.60. The molecule has 0 bridgehead atoms. The van der Waals surface area contributed by atoms with Crippen LogP contribution in [0.3, 0.4) is 0 Å². The van der Waals surface area contributed by atoms with Gasteiger partial charge in [-0.05, 0) is 36.2 Å². The van der Waals surface area contributed by atoms with Crippen LogP contribution in [-0.4, -0.2) is 10.9 Å². The van der Waals surface area contributed by atoms with Crippen molar-refractivity contribution in [1.82, 2.24) is 4.98 Å². The number of carbonyl (C=O) groups is 1. The van der Waals surface area contributed by atoms with E-state index in [1.54, 1.807) is 24.5 Å². The first-order chi connectivity index (χ1) is 8.65. The summed E-state index contributed by atoms with van der Waals surface area (Å²) in [6, 6.07) is 9.14. The van der Waals surface area contributed by atoms with Crippen LogP contribution in [0.5, 0.6) is 0 Å². The summed E-state index contributed by atoms with van der Waals surface area (Å²) >= 11 is 5.87. The molecule has 0 saturated carbocycles. The highest BCUT2D eigenvalue weighted by atomic mass is 35.5. The third kappa shape index (κ3) is 3.31.